The molecule has 0 radical (unpaired) electrons. The SMILES string of the molecule is COc1ccc(CCOc2ccc(-c3ncccc3C(=O)O)cc2C#N)cc1OC. The first-order valence-corrected chi connectivity index (χ1v) is 9.14. The van der Waals surface area contributed by atoms with E-state index in [1.165, 1.54) is 12.3 Å². The van der Waals surface area contributed by atoms with Crippen molar-refractivity contribution < 1.29 is 24.1 Å². The summed E-state index contributed by atoms with van der Waals surface area (Å²) in [6.07, 6.45) is 2.12. The van der Waals surface area contributed by atoms with Crippen molar-refractivity contribution in [3.63, 3.8) is 0 Å². The van der Waals surface area contributed by atoms with Crippen LogP contribution in [0, 0.1) is 11.3 Å². The second kappa shape index (κ2) is 9.43. The third kappa shape index (κ3) is 4.50. The van der Waals surface area contributed by atoms with Gasteiger partial charge in [-0.05, 0) is 48.0 Å². The van der Waals surface area contributed by atoms with Crippen LogP contribution in [0.2, 0.25) is 0 Å². The number of carboxylic acid groups (broad SMARTS) is 1. The van der Waals surface area contributed by atoms with E-state index in [9.17, 15) is 15.2 Å². The van der Waals surface area contributed by atoms with E-state index in [-0.39, 0.29) is 5.56 Å². The number of ether oxygens (including phenoxy) is 3. The zero-order chi connectivity index (χ0) is 21.5. The molecule has 152 valence electrons. The molecule has 7 heteroatoms. The number of hydrogen-bond acceptors (Lipinski definition) is 6. The van der Waals surface area contributed by atoms with Crippen LogP contribution in [-0.4, -0.2) is 36.9 Å². The van der Waals surface area contributed by atoms with Crippen molar-refractivity contribution >= 4 is 5.97 Å². The highest BCUT2D eigenvalue weighted by atomic mass is 16.5. The van der Waals surface area contributed by atoms with Crippen molar-refractivity contribution in [3.05, 3.63) is 71.4 Å². The lowest BCUT2D eigenvalue weighted by atomic mass is 10.0. The molecule has 30 heavy (non-hydrogen) atoms. The molecule has 0 saturated carbocycles. The van der Waals surface area contributed by atoms with E-state index in [4.69, 9.17) is 14.2 Å². The number of benzene rings is 2. The lowest BCUT2D eigenvalue weighted by Crippen LogP contribution is -2.04. The molecule has 1 aromatic heterocycles. The van der Waals surface area contributed by atoms with Crippen molar-refractivity contribution in [2.24, 2.45) is 0 Å². The van der Waals surface area contributed by atoms with Crippen molar-refractivity contribution in [1.29, 1.82) is 5.26 Å². The topological polar surface area (TPSA) is 102 Å². The molecule has 0 aliphatic carbocycles. The molecule has 3 aromatic rings. The lowest BCUT2D eigenvalue weighted by molar-refractivity contribution is 0.0697. The first-order chi connectivity index (χ1) is 14.6. The minimum absolute atomic E-state index is 0.0727. The Balaban J connectivity index is 1.75. The largest absolute Gasteiger partial charge is 0.493 e. The van der Waals surface area contributed by atoms with E-state index in [0.717, 1.165) is 5.56 Å². The van der Waals surface area contributed by atoms with Gasteiger partial charge in [0.1, 0.15) is 11.8 Å². The molecule has 7 nitrogen and oxygen atoms in total. The van der Waals surface area contributed by atoms with Crippen LogP contribution < -0.4 is 14.2 Å². The van der Waals surface area contributed by atoms with Crippen LogP contribution in [0.3, 0.4) is 0 Å². The average molecular weight is 404 g/mol. The van der Waals surface area contributed by atoms with Crippen LogP contribution in [0.1, 0.15) is 21.5 Å². The summed E-state index contributed by atoms with van der Waals surface area (Å²) in [6.45, 7) is 0.355. The second-order valence-electron chi connectivity index (χ2n) is 6.32. The number of rotatable bonds is 8. The highest BCUT2D eigenvalue weighted by Crippen LogP contribution is 2.29. The van der Waals surface area contributed by atoms with Crippen molar-refractivity contribution in [3.8, 4) is 34.6 Å². The second-order valence-corrected chi connectivity index (χ2v) is 6.32. The van der Waals surface area contributed by atoms with Crippen LogP contribution in [0.4, 0.5) is 0 Å². The maximum absolute atomic E-state index is 11.4. The summed E-state index contributed by atoms with van der Waals surface area (Å²) in [4.78, 5) is 15.6. The molecular weight excluding hydrogens is 384 g/mol. The zero-order valence-corrected chi connectivity index (χ0v) is 16.6. The van der Waals surface area contributed by atoms with E-state index in [1.54, 1.807) is 38.5 Å². The Labute approximate surface area is 174 Å². The summed E-state index contributed by atoms with van der Waals surface area (Å²) in [7, 11) is 3.16. The fourth-order valence-electron chi connectivity index (χ4n) is 3.01. The van der Waals surface area contributed by atoms with Crippen molar-refractivity contribution in [2.45, 2.75) is 6.42 Å². The van der Waals surface area contributed by atoms with Gasteiger partial charge in [-0.1, -0.05) is 6.07 Å². The van der Waals surface area contributed by atoms with Crippen LogP contribution >= 0.6 is 0 Å². The monoisotopic (exact) mass is 404 g/mol. The summed E-state index contributed by atoms with van der Waals surface area (Å²) < 4.78 is 16.3. The maximum atomic E-state index is 11.4. The number of aromatic nitrogens is 1. The fraction of sp³-hybridized carbons (Fsp3) is 0.174. The van der Waals surface area contributed by atoms with Gasteiger partial charge in [0.25, 0.3) is 0 Å². The molecule has 3 rings (SSSR count). The molecule has 0 atom stereocenters. The molecule has 0 amide bonds. The normalized spacial score (nSPS) is 10.2. The maximum Gasteiger partial charge on any atom is 0.337 e. The molecule has 0 aliphatic heterocycles. The molecule has 0 saturated heterocycles. The summed E-state index contributed by atoms with van der Waals surface area (Å²) >= 11 is 0. The predicted octanol–water partition coefficient (Wildman–Crippen LogP) is 3.96. The average Bonchev–Trinajstić information content (AvgIpc) is 2.79. The predicted molar refractivity (Wildman–Crippen MR) is 110 cm³/mol. The van der Waals surface area contributed by atoms with Crippen LogP contribution in [-0.2, 0) is 6.42 Å². The minimum atomic E-state index is -1.08. The number of hydrogen-bond donors (Lipinski definition) is 1. The molecule has 1 heterocycles. The van der Waals surface area contributed by atoms with Gasteiger partial charge in [0, 0.05) is 18.2 Å². The number of nitrogens with zero attached hydrogens (tertiary/aromatic N) is 2. The van der Waals surface area contributed by atoms with Gasteiger partial charge < -0.3 is 19.3 Å². The van der Waals surface area contributed by atoms with Crippen LogP contribution in [0.5, 0.6) is 17.2 Å². The summed E-state index contributed by atoms with van der Waals surface area (Å²) in [5, 5.41) is 18.9. The number of carbonyl (C=O) groups is 1. The van der Waals surface area contributed by atoms with Gasteiger partial charge >= 0.3 is 5.97 Å². The standard InChI is InChI=1S/C23H20N2O5/c1-28-20-7-5-15(12-21(20)29-2)9-11-30-19-8-6-16(13-17(19)14-24)22-18(23(26)27)4-3-10-25-22/h3-8,10,12-13H,9,11H2,1-2H3,(H,26,27). The van der Waals surface area contributed by atoms with Gasteiger partial charge in [-0.25, -0.2) is 4.79 Å². The number of pyridine rings is 1. The third-order valence-electron chi connectivity index (χ3n) is 4.51. The van der Waals surface area contributed by atoms with Gasteiger partial charge in [0.05, 0.1) is 37.6 Å². The molecule has 0 unspecified atom stereocenters. The van der Waals surface area contributed by atoms with E-state index < -0.39 is 5.97 Å². The number of aromatic carboxylic acids is 1. The number of carboxylic acids is 1. The Morgan fingerprint density at radius 1 is 1.07 bits per heavy atom. The Morgan fingerprint density at radius 3 is 2.53 bits per heavy atom. The first-order valence-electron chi connectivity index (χ1n) is 9.14. The molecule has 0 spiro atoms. The van der Waals surface area contributed by atoms with E-state index in [0.29, 0.717) is 47.1 Å². The Morgan fingerprint density at radius 2 is 1.83 bits per heavy atom. The fourth-order valence-corrected chi connectivity index (χ4v) is 3.01. The summed E-state index contributed by atoms with van der Waals surface area (Å²) in [5.74, 6) is 0.642. The highest BCUT2D eigenvalue weighted by molar-refractivity contribution is 5.94. The van der Waals surface area contributed by atoms with Crippen molar-refractivity contribution in [1.82, 2.24) is 4.98 Å². The Kier molecular flexibility index (Phi) is 6.50. The van der Waals surface area contributed by atoms with Crippen LogP contribution in [0.25, 0.3) is 11.3 Å². The van der Waals surface area contributed by atoms with Gasteiger partial charge in [-0.3, -0.25) is 4.98 Å². The number of nitriles is 1. The molecule has 0 bridgehead atoms. The van der Waals surface area contributed by atoms with Gasteiger partial charge in [0.15, 0.2) is 11.5 Å². The van der Waals surface area contributed by atoms with Crippen molar-refractivity contribution in [2.75, 3.05) is 20.8 Å². The number of methoxy groups -OCH3 is 2. The smallest absolute Gasteiger partial charge is 0.337 e. The van der Waals surface area contributed by atoms with E-state index in [2.05, 4.69) is 11.1 Å². The van der Waals surface area contributed by atoms with Gasteiger partial charge in [-0.2, -0.15) is 5.26 Å². The molecule has 1 N–H and O–H groups in total. The summed E-state index contributed by atoms with van der Waals surface area (Å²) in [6, 6.07) is 15.7. The Bertz CT molecular complexity index is 1100. The van der Waals surface area contributed by atoms with E-state index >= 15 is 0 Å². The zero-order valence-electron chi connectivity index (χ0n) is 16.6. The van der Waals surface area contributed by atoms with Gasteiger partial charge in [0.2, 0.25) is 0 Å². The van der Waals surface area contributed by atoms with Crippen LogP contribution in [0.15, 0.2) is 54.7 Å². The van der Waals surface area contributed by atoms with E-state index in [1.807, 2.05) is 18.2 Å². The molecule has 2 aromatic carbocycles. The highest BCUT2D eigenvalue weighted by Gasteiger charge is 2.14. The minimum Gasteiger partial charge on any atom is -0.493 e. The third-order valence-corrected chi connectivity index (χ3v) is 4.51. The van der Waals surface area contributed by atoms with Gasteiger partial charge in [-0.15, -0.1) is 0 Å². The first kappa shape index (κ1) is 20.7. The quantitative estimate of drug-likeness (QED) is 0.606. The summed E-state index contributed by atoms with van der Waals surface area (Å²) in [5.41, 5.74) is 2.22. The molecular formula is C23H20N2O5. The molecule has 0 aliphatic rings. The Hall–Kier alpha value is -4.05. The lowest BCUT2D eigenvalue weighted by Gasteiger charge is -2.12. The molecule has 0 fully saturated rings.